The quantitative estimate of drug-likeness (QED) is 0.439. The third-order valence-corrected chi connectivity index (χ3v) is 6.19. The number of aliphatic carboxylic acids is 1. The fraction of sp³-hybridized carbons (Fsp3) is 0.423. The van der Waals surface area contributed by atoms with Crippen LogP contribution in [0.1, 0.15) is 43.2 Å². The van der Waals surface area contributed by atoms with Gasteiger partial charge in [0.1, 0.15) is 6.61 Å². The molecule has 0 saturated heterocycles. The standard InChI is InChI=1S/C26H32N2O6/c1-3-17(12-25(30)31)14-27-24(29)13-18(33-2)15-28-26(32)34-16-23-21-10-6-4-8-19(21)20-9-5-7-11-22(20)23/h4-11,17-18,23H,3,12-16H2,1-2H3,(H,27,29)(H,28,32)(H,30,31). The highest BCUT2D eigenvalue weighted by molar-refractivity contribution is 5.79. The van der Waals surface area contributed by atoms with Crippen LogP contribution >= 0.6 is 0 Å². The Balaban J connectivity index is 1.45. The van der Waals surface area contributed by atoms with Gasteiger partial charge in [-0.25, -0.2) is 4.79 Å². The monoisotopic (exact) mass is 468 g/mol. The van der Waals surface area contributed by atoms with Gasteiger partial charge in [0.2, 0.25) is 5.91 Å². The molecular formula is C26H32N2O6. The van der Waals surface area contributed by atoms with E-state index >= 15 is 0 Å². The van der Waals surface area contributed by atoms with Gasteiger partial charge in [0, 0.05) is 32.5 Å². The highest BCUT2D eigenvalue weighted by atomic mass is 16.5. The molecule has 2 amide bonds. The van der Waals surface area contributed by atoms with E-state index in [1.807, 2.05) is 31.2 Å². The number of hydrogen-bond donors (Lipinski definition) is 3. The highest BCUT2D eigenvalue weighted by Crippen LogP contribution is 2.44. The summed E-state index contributed by atoms with van der Waals surface area (Å²) in [6, 6.07) is 16.2. The van der Waals surface area contributed by atoms with E-state index in [1.165, 1.54) is 7.11 Å². The van der Waals surface area contributed by atoms with Gasteiger partial charge < -0.3 is 25.2 Å². The fourth-order valence-corrected chi connectivity index (χ4v) is 4.23. The summed E-state index contributed by atoms with van der Waals surface area (Å²) in [7, 11) is 1.47. The van der Waals surface area contributed by atoms with Crippen molar-refractivity contribution in [1.82, 2.24) is 10.6 Å². The second-order valence-electron chi connectivity index (χ2n) is 8.44. The number of methoxy groups -OCH3 is 1. The first-order valence-corrected chi connectivity index (χ1v) is 11.5. The molecule has 0 spiro atoms. The van der Waals surface area contributed by atoms with E-state index in [4.69, 9.17) is 14.6 Å². The molecule has 0 fully saturated rings. The van der Waals surface area contributed by atoms with Crippen LogP contribution in [-0.2, 0) is 19.1 Å². The van der Waals surface area contributed by atoms with Crippen LogP contribution in [0.3, 0.4) is 0 Å². The number of carboxylic acid groups (broad SMARTS) is 1. The number of fused-ring (bicyclic) bond motifs is 3. The van der Waals surface area contributed by atoms with Crippen LogP contribution in [0.15, 0.2) is 48.5 Å². The molecule has 2 atom stereocenters. The zero-order chi connectivity index (χ0) is 24.5. The molecular weight excluding hydrogens is 436 g/mol. The SMILES string of the molecule is CCC(CNC(=O)CC(CNC(=O)OCC1c2ccccc2-c2ccccc21)OC)CC(=O)O. The lowest BCUT2D eigenvalue weighted by molar-refractivity contribution is -0.138. The molecule has 0 radical (unpaired) electrons. The maximum Gasteiger partial charge on any atom is 0.407 e. The first kappa shape index (κ1) is 25.2. The van der Waals surface area contributed by atoms with Crippen molar-refractivity contribution in [3.05, 3.63) is 59.7 Å². The molecule has 1 aliphatic rings. The van der Waals surface area contributed by atoms with Crippen molar-refractivity contribution in [1.29, 1.82) is 0 Å². The van der Waals surface area contributed by atoms with Crippen LogP contribution in [0.5, 0.6) is 0 Å². The molecule has 2 aromatic carbocycles. The predicted molar refractivity (Wildman–Crippen MR) is 128 cm³/mol. The summed E-state index contributed by atoms with van der Waals surface area (Å²) in [6.07, 6.45) is -0.391. The maximum atomic E-state index is 12.3. The number of carboxylic acids is 1. The molecule has 0 saturated carbocycles. The van der Waals surface area contributed by atoms with Crippen molar-refractivity contribution in [2.24, 2.45) is 5.92 Å². The van der Waals surface area contributed by atoms with Crippen molar-refractivity contribution in [2.45, 2.75) is 38.2 Å². The smallest absolute Gasteiger partial charge is 0.407 e. The molecule has 8 nitrogen and oxygen atoms in total. The third-order valence-electron chi connectivity index (χ3n) is 6.19. The molecule has 3 N–H and O–H groups in total. The second kappa shape index (κ2) is 12.2. The molecule has 0 bridgehead atoms. The lowest BCUT2D eigenvalue weighted by atomic mass is 9.98. The number of carbonyl (C=O) groups excluding carboxylic acids is 2. The van der Waals surface area contributed by atoms with E-state index in [1.54, 1.807) is 0 Å². The Morgan fingerprint density at radius 1 is 0.941 bits per heavy atom. The van der Waals surface area contributed by atoms with E-state index in [0.717, 1.165) is 22.3 Å². The summed E-state index contributed by atoms with van der Waals surface area (Å²) in [4.78, 5) is 35.4. The number of benzene rings is 2. The molecule has 8 heteroatoms. The lowest BCUT2D eigenvalue weighted by Gasteiger charge is -2.18. The second-order valence-corrected chi connectivity index (χ2v) is 8.44. The van der Waals surface area contributed by atoms with Gasteiger partial charge in [0.25, 0.3) is 0 Å². The fourth-order valence-electron chi connectivity index (χ4n) is 4.23. The van der Waals surface area contributed by atoms with Gasteiger partial charge in [0.05, 0.1) is 12.5 Å². The van der Waals surface area contributed by atoms with Crippen LogP contribution in [-0.4, -0.2) is 56.0 Å². The van der Waals surface area contributed by atoms with Crippen LogP contribution in [0, 0.1) is 5.92 Å². The molecule has 2 unspecified atom stereocenters. The van der Waals surface area contributed by atoms with Crippen LogP contribution in [0.25, 0.3) is 11.1 Å². The number of amides is 2. The third kappa shape index (κ3) is 6.57. The Bertz CT molecular complexity index is 963. The Labute approximate surface area is 199 Å². The van der Waals surface area contributed by atoms with Gasteiger partial charge in [-0.3, -0.25) is 9.59 Å². The molecule has 2 aromatic rings. The summed E-state index contributed by atoms with van der Waals surface area (Å²) in [5.74, 6) is -1.30. The zero-order valence-corrected chi connectivity index (χ0v) is 19.6. The molecule has 0 aliphatic heterocycles. The summed E-state index contributed by atoms with van der Waals surface area (Å²) in [6.45, 7) is 2.50. The highest BCUT2D eigenvalue weighted by Gasteiger charge is 2.29. The Morgan fingerprint density at radius 3 is 2.12 bits per heavy atom. The number of rotatable bonds is 12. The van der Waals surface area contributed by atoms with Crippen molar-refractivity contribution in [3.63, 3.8) is 0 Å². The van der Waals surface area contributed by atoms with Gasteiger partial charge >= 0.3 is 12.1 Å². The number of carbonyl (C=O) groups is 3. The normalized spacial score (nSPS) is 13.9. The summed E-state index contributed by atoms with van der Waals surface area (Å²) in [5.41, 5.74) is 4.59. The van der Waals surface area contributed by atoms with Crippen LogP contribution in [0.4, 0.5) is 4.79 Å². The van der Waals surface area contributed by atoms with E-state index in [-0.39, 0.29) is 50.3 Å². The first-order valence-electron chi connectivity index (χ1n) is 11.5. The van der Waals surface area contributed by atoms with Crippen molar-refractivity contribution < 1.29 is 29.0 Å². The van der Waals surface area contributed by atoms with Gasteiger partial charge in [0.15, 0.2) is 0 Å². The van der Waals surface area contributed by atoms with Gasteiger partial charge in [-0.05, 0) is 28.2 Å². The zero-order valence-electron chi connectivity index (χ0n) is 19.6. The number of nitrogens with one attached hydrogen (secondary N) is 2. The Hall–Kier alpha value is -3.39. The Morgan fingerprint density at radius 2 is 1.56 bits per heavy atom. The summed E-state index contributed by atoms with van der Waals surface area (Å²) >= 11 is 0. The molecule has 1 aliphatic carbocycles. The summed E-state index contributed by atoms with van der Waals surface area (Å²) in [5, 5.41) is 14.3. The molecule has 0 aromatic heterocycles. The molecule has 0 heterocycles. The number of alkyl carbamates (subject to hydrolysis) is 1. The van der Waals surface area contributed by atoms with Crippen molar-refractivity contribution in [2.75, 3.05) is 26.8 Å². The number of ether oxygens (including phenoxy) is 2. The molecule has 182 valence electrons. The minimum Gasteiger partial charge on any atom is -0.481 e. The molecule has 34 heavy (non-hydrogen) atoms. The molecule has 3 rings (SSSR count). The number of hydrogen-bond acceptors (Lipinski definition) is 5. The first-order chi connectivity index (χ1) is 16.4. The van der Waals surface area contributed by atoms with Crippen LogP contribution in [0.2, 0.25) is 0 Å². The Kier molecular flexibility index (Phi) is 9.04. The topological polar surface area (TPSA) is 114 Å². The van der Waals surface area contributed by atoms with Crippen molar-refractivity contribution >= 4 is 18.0 Å². The predicted octanol–water partition coefficient (Wildman–Crippen LogP) is 3.55. The van der Waals surface area contributed by atoms with E-state index < -0.39 is 18.2 Å². The van der Waals surface area contributed by atoms with E-state index in [9.17, 15) is 14.4 Å². The minimum atomic E-state index is -0.886. The lowest BCUT2D eigenvalue weighted by Crippen LogP contribution is -2.38. The van der Waals surface area contributed by atoms with Gasteiger partial charge in [-0.2, -0.15) is 0 Å². The average molecular weight is 469 g/mol. The summed E-state index contributed by atoms with van der Waals surface area (Å²) < 4.78 is 10.8. The van der Waals surface area contributed by atoms with E-state index in [2.05, 4.69) is 34.9 Å². The maximum absolute atomic E-state index is 12.3. The van der Waals surface area contributed by atoms with Crippen LogP contribution < -0.4 is 10.6 Å². The average Bonchev–Trinajstić information content (AvgIpc) is 3.16. The van der Waals surface area contributed by atoms with Gasteiger partial charge in [-0.1, -0.05) is 61.9 Å². The van der Waals surface area contributed by atoms with Gasteiger partial charge in [-0.15, -0.1) is 0 Å². The van der Waals surface area contributed by atoms with Crippen molar-refractivity contribution in [3.8, 4) is 11.1 Å². The largest absolute Gasteiger partial charge is 0.481 e. The van der Waals surface area contributed by atoms with E-state index in [0.29, 0.717) is 6.42 Å². The minimum absolute atomic E-state index is 0.00776.